The molecular weight excluding hydrogens is 182 g/mol. The quantitative estimate of drug-likeness (QED) is 0.738. The van der Waals surface area contributed by atoms with Gasteiger partial charge in [0.15, 0.2) is 0 Å². The second kappa shape index (κ2) is 3.79. The summed E-state index contributed by atoms with van der Waals surface area (Å²) in [5.41, 5.74) is 0. The molecule has 1 unspecified atom stereocenters. The maximum absolute atomic E-state index is 5.59. The van der Waals surface area contributed by atoms with E-state index in [2.05, 4.69) is 30.9 Å². The van der Waals surface area contributed by atoms with Crippen LogP contribution in [-0.2, 0) is 4.74 Å². The van der Waals surface area contributed by atoms with Gasteiger partial charge in [0.1, 0.15) is 0 Å². The van der Waals surface area contributed by atoms with Crippen molar-refractivity contribution in [3.05, 3.63) is 0 Å². The van der Waals surface area contributed by atoms with Gasteiger partial charge in [-0.2, -0.15) is 0 Å². The minimum absolute atomic E-state index is 0.386. The van der Waals surface area contributed by atoms with E-state index in [1.165, 1.54) is 25.0 Å². The van der Waals surface area contributed by atoms with Crippen molar-refractivity contribution in [2.24, 2.45) is 0 Å². The summed E-state index contributed by atoms with van der Waals surface area (Å²) < 4.78 is 5.59. The van der Waals surface area contributed by atoms with Crippen molar-refractivity contribution in [1.82, 2.24) is 5.32 Å². The topological polar surface area (TPSA) is 21.3 Å². The molecule has 2 aliphatic rings. The lowest BCUT2D eigenvalue weighted by atomic mass is 9.87. The Morgan fingerprint density at radius 2 is 2.31 bits per heavy atom. The van der Waals surface area contributed by atoms with Crippen LogP contribution in [0.4, 0.5) is 0 Å². The molecule has 1 N–H and O–H groups in total. The van der Waals surface area contributed by atoms with Gasteiger partial charge >= 0.3 is 0 Å². The number of hydrogen-bond acceptors (Lipinski definition) is 3. The Bertz CT molecular complexity index is 180. The zero-order chi connectivity index (χ0) is 9.31. The van der Waals surface area contributed by atoms with Gasteiger partial charge in [-0.15, -0.1) is 11.8 Å². The third kappa shape index (κ3) is 2.03. The monoisotopic (exact) mass is 201 g/mol. The van der Waals surface area contributed by atoms with E-state index in [1.807, 2.05) is 0 Å². The molecule has 1 atom stereocenters. The molecule has 1 saturated carbocycles. The highest BCUT2D eigenvalue weighted by atomic mass is 32.2. The Kier molecular flexibility index (Phi) is 2.86. The lowest BCUT2D eigenvalue weighted by Gasteiger charge is -2.51. The molecule has 1 heterocycles. The van der Waals surface area contributed by atoms with Gasteiger partial charge in [-0.05, 0) is 26.0 Å². The van der Waals surface area contributed by atoms with Crippen LogP contribution in [0, 0.1) is 0 Å². The Labute approximate surface area is 84.8 Å². The summed E-state index contributed by atoms with van der Waals surface area (Å²) in [4.78, 5) is 0.386. The van der Waals surface area contributed by atoms with E-state index in [0.29, 0.717) is 17.0 Å². The van der Waals surface area contributed by atoms with Crippen LogP contribution in [-0.4, -0.2) is 29.4 Å². The molecule has 2 nitrogen and oxygen atoms in total. The molecule has 0 amide bonds. The van der Waals surface area contributed by atoms with Crippen molar-refractivity contribution < 1.29 is 4.74 Å². The first-order chi connectivity index (χ1) is 6.24. The van der Waals surface area contributed by atoms with Gasteiger partial charge in [-0.3, -0.25) is 0 Å². The molecule has 1 saturated heterocycles. The van der Waals surface area contributed by atoms with Crippen molar-refractivity contribution in [1.29, 1.82) is 0 Å². The number of thioether (sulfide) groups is 1. The number of nitrogens with one attached hydrogen (secondary N) is 1. The number of rotatable bonds is 2. The van der Waals surface area contributed by atoms with Gasteiger partial charge in [0, 0.05) is 25.5 Å². The average molecular weight is 201 g/mol. The first-order valence-electron chi connectivity index (χ1n) is 5.27. The van der Waals surface area contributed by atoms with Gasteiger partial charge in [0.25, 0.3) is 0 Å². The molecule has 13 heavy (non-hydrogen) atoms. The van der Waals surface area contributed by atoms with Gasteiger partial charge in [-0.25, -0.2) is 0 Å². The van der Waals surface area contributed by atoms with Crippen LogP contribution in [0.5, 0.6) is 0 Å². The molecule has 3 heteroatoms. The second-order valence-corrected chi connectivity index (χ2v) is 5.64. The fourth-order valence-corrected chi connectivity index (χ4v) is 4.01. The fourth-order valence-electron chi connectivity index (χ4n) is 2.26. The van der Waals surface area contributed by atoms with Gasteiger partial charge < -0.3 is 10.1 Å². The summed E-state index contributed by atoms with van der Waals surface area (Å²) in [6.07, 6.45) is 4.24. The number of ether oxygens (including phenoxy) is 1. The fraction of sp³-hybridized carbons (Fsp3) is 1.00. The summed E-state index contributed by atoms with van der Waals surface area (Å²) in [6.45, 7) is 5.23. The van der Waals surface area contributed by atoms with Gasteiger partial charge in [0.05, 0.1) is 11.0 Å². The first kappa shape index (κ1) is 9.81. The maximum atomic E-state index is 5.59. The lowest BCUT2D eigenvalue weighted by molar-refractivity contribution is -0.0238. The molecule has 76 valence electrons. The van der Waals surface area contributed by atoms with E-state index in [-0.39, 0.29) is 0 Å². The summed E-state index contributed by atoms with van der Waals surface area (Å²) in [5.74, 6) is 1.31. The number of hydrogen-bond donors (Lipinski definition) is 1. The predicted octanol–water partition coefficient (Wildman–Crippen LogP) is 2.00. The third-order valence-corrected chi connectivity index (χ3v) is 4.40. The maximum Gasteiger partial charge on any atom is 0.0696 e. The molecule has 0 radical (unpaired) electrons. The molecule has 0 aromatic rings. The van der Waals surface area contributed by atoms with Crippen LogP contribution >= 0.6 is 11.8 Å². The predicted molar refractivity (Wildman–Crippen MR) is 57.1 cm³/mol. The first-order valence-corrected chi connectivity index (χ1v) is 6.26. The minimum atomic E-state index is 0.386. The molecule has 0 aromatic carbocycles. The summed E-state index contributed by atoms with van der Waals surface area (Å²) in [5, 5.41) is 3.70. The molecule has 1 spiro atoms. The SMILES string of the molecule is CCOC1CC2(C1)NC(C)CCS2. The van der Waals surface area contributed by atoms with Crippen molar-refractivity contribution in [3.8, 4) is 0 Å². The van der Waals surface area contributed by atoms with E-state index in [9.17, 15) is 0 Å². The highest BCUT2D eigenvalue weighted by molar-refractivity contribution is 8.00. The summed E-state index contributed by atoms with van der Waals surface area (Å²) in [6, 6.07) is 0.698. The molecule has 2 fully saturated rings. The Morgan fingerprint density at radius 3 is 2.92 bits per heavy atom. The molecular formula is C10H19NOS. The van der Waals surface area contributed by atoms with Crippen molar-refractivity contribution in [2.45, 2.75) is 50.1 Å². The zero-order valence-corrected chi connectivity index (χ0v) is 9.32. The van der Waals surface area contributed by atoms with Crippen LogP contribution < -0.4 is 5.32 Å². The van der Waals surface area contributed by atoms with Crippen LogP contribution in [0.3, 0.4) is 0 Å². The van der Waals surface area contributed by atoms with Crippen LogP contribution in [0.2, 0.25) is 0 Å². The van der Waals surface area contributed by atoms with Gasteiger partial charge in [-0.1, -0.05) is 0 Å². The Morgan fingerprint density at radius 1 is 1.54 bits per heavy atom. The highest BCUT2D eigenvalue weighted by Crippen LogP contribution is 2.46. The second-order valence-electron chi connectivity index (χ2n) is 4.16. The Balaban J connectivity index is 1.81. The minimum Gasteiger partial charge on any atom is -0.378 e. The molecule has 1 aliphatic carbocycles. The van der Waals surface area contributed by atoms with Crippen LogP contribution in [0.15, 0.2) is 0 Å². The highest BCUT2D eigenvalue weighted by Gasteiger charge is 2.47. The van der Waals surface area contributed by atoms with E-state index < -0.39 is 0 Å². The van der Waals surface area contributed by atoms with E-state index in [4.69, 9.17) is 4.74 Å². The molecule has 0 bridgehead atoms. The zero-order valence-electron chi connectivity index (χ0n) is 8.51. The molecule has 0 aromatic heterocycles. The molecule has 2 rings (SSSR count). The molecule has 1 aliphatic heterocycles. The van der Waals surface area contributed by atoms with E-state index in [0.717, 1.165) is 6.61 Å². The summed E-state index contributed by atoms with van der Waals surface area (Å²) in [7, 11) is 0. The van der Waals surface area contributed by atoms with Crippen molar-refractivity contribution in [3.63, 3.8) is 0 Å². The normalized spacial score (nSPS) is 44.8. The third-order valence-electron chi connectivity index (χ3n) is 2.96. The van der Waals surface area contributed by atoms with Crippen molar-refractivity contribution in [2.75, 3.05) is 12.4 Å². The van der Waals surface area contributed by atoms with Crippen LogP contribution in [0.1, 0.15) is 33.1 Å². The van der Waals surface area contributed by atoms with Gasteiger partial charge in [0.2, 0.25) is 0 Å². The smallest absolute Gasteiger partial charge is 0.0696 e. The van der Waals surface area contributed by atoms with E-state index >= 15 is 0 Å². The van der Waals surface area contributed by atoms with Crippen molar-refractivity contribution >= 4 is 11.8 Å². The Hall–Kier alpha value is 0.270. The summed E-state index contributed by atoms with van der Waals surface area (Å²) >= 11 is 2.09. The lowest BCUT2D eigenvalue weighted by Crippen LogP contribution is -2.60. The average Bonchev–Trinajstić information content (AvgIpc) is 2.02. The van der Waals surface area contributed by atoms with Crippen LogP contribution in [0.25, 0.3) is 0 Å². The standard InChI is InChI=1S/C10H19NOS/c1-3-12-9-6-10(7-9)11-8(2)4-5-13-10/h8-9,11H,3-7H2,1-2H3. The van der Waals surface area contributed by atoms with E-state index in [1.54, 1.807) is 0 Å². The largest absolute Gasteiger partial charge is 0.378 e.